The number of hydrogen-bond acceptors (Lipinski definition) is 2. The molecule has 0 saturated carbocycles. The van der Waals surface area contributed by atoms with E-state index in [4.69, 9.17) is 0 Å². The molecule has 14 heavy (non-hydrogen) atoms. The first-order valence-electron chi connectivity index (χ1n) is 5.92. The van der Waals surface area contributed by atoms with Gasteiger partial charge < -0.3 is 5.32 Å². The minimum Gasteiger partial charge on any atom is -0.320 e. The van der Waals surface area contributed by atoms with Crippen molar-refractivity contribution in [1.82, 2.24) is 10.2 Å². The predicted octanol–water partition coefficient (Wildman–Crippen LogP) is 2.27. The van der Waals surface area contributed by atoms with Gasteiger partial charge in [0.2, 0.25) is 0 Å². The normalized spacial score (nSPS) is 17.7. The molecule has 0 amide bonds. The van der Waals surface area contributed by atoms with Gasteiger partial charge in [0, 0.05) is 19.1 Å². The Balaban J connectivity index is 0.000000791. The topological polar surface area (TPSA) is 15.3 Å². The fraction of sp³-hybridized carbons (Fsp3) is 0.833. The molecule has 0 aromatic carbocycles. The molecule has 0 spiro atoms. The van der Waals surface area contributed by atoms with Crippen LogP contribution in [0, 0.1) is 0 Å². The van der Waals surface area contributed by atoms with Crippen LogP contribution in [0.15, 0.2) is 12.2 Å². The number of nitrogens with one attached hydrogen (secondary N) is 1. The second-order valence-corrected chi connectivity index (χ2v) is 3.38. The van der Waals surface area contributed by atoms with Gasteiger partial charge in [-0.15, -0.1) is 0 Å². The summed E-state index contributed by atoms with van der Waals surface area (Å²) in [7, 11) is 2.02. The van der Waals surface area contributed by atoms with Crippen molar-refractivity contribution in [2.45, 2.75) is 39.7 Å². The molecule has 0 bridgehead atoms. The Kier molecular flexibility index (Phi) is 9.00. The van der Waals surface area contributed by atoms with Gasteiger partial charge in [-0.1, -0.05) is 32.9 Å². The maximum Gasteiger partial charge on any atom is 0.0169 e. The molecule has 1 atom stereocenters. The lowest BCUT2D eigenvalue weighted by atomic mass is 10.1. The molecule has 1 aliphatic rings. The minimum absolute atomic E-state index is 0.771. The zero-order valence-corrected chi connectivity index (χ0v) is 10.2. The van der Waals surface area contributed by atoms with Crippen molar-refractivity contribution in [3.63, 3.8) is 0 Å². The molecule has 0 fully saturated rings. The third-order valence-corrected chi connectivity index (χ3v) is 2.56. The molecular formula is C12H26N2. The van der Waals surface area contributed by atoms with Crippen molar-refractivity contribution < 1.29 is 0 Å². The van der Waals surface area contributed by atoms with Gasteiger partial charge in [-0.05, 0) is 26.4 Å². The van der Waals surface area contributed by atoms with Crippen LogP contribution in [0.2, 0.25) is 0 Å². The summed E-state index contributed by atoms with van der Waals surface area (Å²) in [5.74, 6) is 0. The summed E-state index contributed by atoms with van der Waals surface area (Å²) < 4.78 is 0. The van der Waals surface area contributed by atoms with Crippen LogP contribution >= 0.6 is 0 Å². The second-order valence-electron chi connectivity index (χ2n) is 3.38. The zero-order valence-electron chi connectivity index (χ0n) is 10.2. The lowest BCUT2D eigenvalue weighted by Crippen LogP contribution is -2.34. The molecule has 1 aliphatic heterocycles. The van der Waals surface area contributed by atoms with Crippen LogP contribution in [-0.4, -0.2) is 37.6 Å². The van der Waals surface area contributed by atoms with Gasteiger partial charge in [-0.3, -0.25) is 4.90 Å². The summed E-state index contributed by atoms with van der Waals surface area (Å²) in [6, 6.07) is 0.771. The Morgan fingerprint density at radius 3 is 2.29 bits per heavy atom. The van der Waals surface area contributed by atoms with E-state index < -0.39 is 0 Å². The third-order valence-electron chi connectivity index (χ3n) is 2.56. The molecule has 0 radical (unpaired) electrons. The Labute approximate surface area is 89.4 Å². The van der Waals surface area contributed by atoms with Crippen LogP contribution < -0.4 is 5.32 Å². The van der Waals surface area contributed by atoms with Crippen LogP contribution in [0.3, 0.4) is 0 Å². The third kappa shape index (κ3) is 4.77. The first-order chi connectivity index (χ1) is 6.88. The maximum absolute atomic E-state index is 3.21. The average Bonchev–Trinajstić information content (AvgIpc) is 2.76. The first kappa shape index (κ1) is 13.7. The fourth-order valence-corrected chi connectivity index (χ4v) is 1.75. The lowest BCUT2D eigenvalue weighted by Gasteiger charge is -2.26. The molecule has 84 valence electrons. The van der Waals surface area contributed by atoms with E-state index in [9.17, 15) is 0 Å². The van der Waals surface area contributed by atoms with Crippen molar-refractivity contribution in [3.8, 4) is 0 Å². The Morgan fingerprint density at radius 1 is 1.29 bits per heavy atom. The van der Waals surface area contributed by atoms with Crippen LogP contribution in [0.4, 0.5) is 0 Å². The summed E-state index contributed by atoms with van der Waals surface area (Å²) in [6.07, 6.45) is 7.07. The molecule has 0 aromatic rings. The van der Waals surface area contributed by atoms with Crippen LogP contribution in [0.25, 0.3) is 0 Å². The molecule has 2 nitrogen and oxygen atoms in total. The van der Waals surface area contributed by atoms with E-state index in [1.807, 2.05) is 20.9 Å². The van der Waals surface area contributed by atoms with Gasteiger partial charge in [-0.25, -0.2) is 0 Å². The quantitative estimate of drug-likeness (QED) is 0.682. The largest absolute Gasteiger partial charge is 0.320 e. The minimum atomic E-state index is 0.771. The van der Waals surface area contributed by atoms with E-state index in [-0.39, 0.29) is 0 Å². The number of rotatable bonds is 5. The van der Waals surface area contributed by atoms with Gasteiger partial charge >= 0.3 is 0 Å². The summed E-state index contributed by atoms with van der Waals surface area (Å²) in [4.78, 5) is 2.54. The Bertz CT molecular complexity index is 135. The van der Waals surface area contributed by atoms with Crippen molar-refractivity contribution in [2.75, 3.05) is 26.7 Å². The molecule has 2 heteroatoms. The first-order valence-corrected chi connectivity index (χ1v) is 5.92. The molecule has 0 aromatic heterocycles. The molecule has 1 unspecified atom stereocenters. The van der Waals surface area contributed by atoms with Gasteiger partial charge in [0.25, 0.3) is 0 Å². The van der Waals surface area contributed by atoms with E-state index in [0.29, 0.717) is 0 Å². The van der Waals surface area contributed by atoms with E-state index in [0.717, 1.165) is 25.7 Å². The molecule has 1 rings (SSSR count). The highest BCUT2D eigenvalue weighted by molar-refractivity contribution is 4.97. The number of hydrogen-bond donors (Lipinski definition) is 1. The van der Waals surface area contributed by atoms with Gasteiger partial charge in [-0.2, -0.15) is 0 Å². The van der Waals surface area contributed by atoms with Crippen molar-refractivity contribution in [2.24, 2.45) is 0 Å². The van der Waals surface area contributed by atoms with E-state index in [2.05, 4.69) is 29.3 Å². The second kappa shape index (κ2) is 9.22. The molecule has 1 heterocycles. The average molecular weight is 198 g/mol. The zero-order chi connectivity index (χ0) is 10.8. The van der Waals surface area contributed by atoms with Crippen molar-refractivity contribution in [3.05, 3.63) is 12.2 Å². The van der Waals surface area contributed by atoms with Crippen molar-refractivity contribution in [1.29, 1.82) is 0 Å². The monoisotopic (exact) mass is 198 g/mol. The van der Waals surface area contributed by atoms with E-state index >= 15 is 0 Å². The molecule has 0 aliphatic carbocycles. The smallest absolute Gasteiger partial charge is 0.0169 e. The fourth-order valence-electron chi connectivity index (χ4n) is 1.75. The van der Waals surface area contributed by atoms with E-state index in [1.165, 1.54) is 12.8 Å². The standard InChI is InChI=1S/C10H20N2.C2H6/c1-3-10(6-7-11-2)12-8-4-5-9-12;1-2/h4-5,10-11H,3,6-9H2,1-2H3;1-2H3. The predicted molar refractivity (Wildman–Crippen MR) is 64.7 cm³/mol. The summed E-state index contributed by atoms with van der Waals surface area (Å²) in [5.41, 5.74) is 0. The number of nitrogens with zero attached hydrogens (tertiary/aromatic N) is 1. The molecule has 0 saturated heterocycles. The SMILES string of the molecule is CC.CCC(CCNC)N1CC=CC1. The molecular weight excluding hydrogens is 172 g/mol. The molecule has 1 N–H and O–H groups in total. The highest BCUT2D eigenvalue weighted by Crippen LogP contribution is 2.11. The van der Waals surface area contributed by atoms with E-state index in [1.54, 1.807) is 0 Å². The highest BCUT2D eigenvalue weighted by Gasteiger charge is 2.15. The van der Waals surface area contributed by atoms with Gasteiger partial charge in [0.05, 0.1) is 0 Å². The van der Waals surface area contributed by atoms with Crippen LogP contribution in [-0.2, 0) is 0 Å². The van der Waals surface area contributed by atoms with Gasteiger partial charge in [0.15, 0.2) is 0 Å². The van der Waals surface area contributed by atoms with Crippen LogP contribution in [0.1, 0.15) is 33.6 Å². The summed E-state index contributed by atoms with van der Waals surface area (Å²) in [5, 5.41) is 3.21. The summed E-state index contributed by atoms with van der Waals surface area (Å²) in [6.45, 7) is 9.72. The van der Waals surface area contributed by atoms with Gasteiger partial charge in [0.1, 0.15) is 0 Å². The summed E-state index contributed by atoms with van der Waals surface area (Å²) >= 11 is 0. The lowest BCUT2D eigenvalue weighted by molar-refractivity contribution is 0.233. The van der Waals surface area contributed by atoms with Crippen LogP contribution in [0.5, 0.6) is 0 Å². The maximum atomic E-state index is 3.21. The van der Waals surface area contributed by atoms with Crippen molar-refractivity contribution >= 4 is 0 Å². The highest BCUT2D eigenvalue weighted by atomic mass is 15.2. The Hall–Kier alpha value is -0.340. The Morgan fingerprint density at radius 2 is 1.86 bits per heavy atom.